The van der Waals surface area contributed by atoms with Crippen LogP contribution >= 0.6 is 0 Å². The second-order valence-electron chi connectivity index (χ2n) is 5.14. The molecule has 5 nitrogen and oxygen atoms in total. The van der Waals surface area contributed by atoms with Crippen LogP contribution in [0.15, 0.2) is 36.8 Å². The Bertz CT molecular complexity index is 1230. The van der Waals surface area contributed by atoms with Gasteiger partial charge in [-0.25, -0.2) is 4.57 Å². The van der Waals surface area contributed by atoms with Gasteiger partial charge in [0.2, 0.25) is 5.82 Å². The molecule has 5 heteroatoms. The van der Waals surface area contributed by atoms with Crippen LogP contribution in [0.5, 0.6) is 0 Å². The molecule has 0 amide bonds. The maximum Gasteiger partial charge on any atom is 0.269 e. The van der Waals surface area contributed by atoms with Crippen LogP contribution in [0.2, 0.25) is 0 Å². The molecule has 0 saturated carbocycles. The maximum absolute atomic E-state index is 8.12. The smallest absolute Gasteiger partial charge is 0.261 e. The van der Waals surface area contributed by atoms with Crippen molar-refractivity contribution in [2.24, 2.45) is 14.0 Å². The summed E-state index contributed by atoms with van der Waals surface area (Å²) in [6.45, 7) is -4.68. The van der Waals surface area contributed by atoms with Gasteiger partial charge in [-0.1, -0.05) is 0 Å². The molecule has 0 fully saturated rings. The third-order valence-corrected chi connectivity index (χ3v) is 4.11. The molecule has 0 aliphatic carbocycles. The molecule has 4 aromatic heterocycles. The molecule has 0 unspecified atom stereocenters. The van der Waals surface area contributed by atoms with Crippen molar-refractivity contribution < 1.29 is 12.8 Å². The Hall–Kier alpha value is -2.69. The molecular weight excluding hydrogens is 262 g/mol. The van der Waals surface area contributed by atoms with Crippen LogP contribution in [0.1, 0.15) is 13.9 Å². The second-order valence-corrected chi connectivity index (χ2v) is 5.14. The topological polar surface area (TPSA) is 39.5 Å². The lowest BCUT2D eigenvalue weighted by molar-refractivity contribution is -0.649. The van der Waals surface area contributed by atoms with Gasteiger partial charge < -0.3 is 0 Å². The molecule has 102 valence electrons. The minimum atomic E-state index is -2.49. The summed E-state index contributed by atoms with van der Waals surface area (Å²) in [4.78, 5) is 8.39. The summed E-state index contributed by atoms with van der Waals surface area (Å²) in [5.74, 6) is 0.444. The lowest BCUT2D eigenvalue weighted by Crippen LogP contribution is -2.33. The molecule has 0 N–H and O–H groups in total. The Balaban J connectivity index is 2.07. The van der Waals surface area contributed by atoms with E-state index in [1.165, 1.54) is 21.5 Å². The van der Waals surface area contributed by atoms with Crippen molar-refractivity contribution in [2.45, 2.75) is 6.54 Å². The summed E-state index contributed by atoms with van der Waals surface area (Å²) in [6.07, 6.45) is 4.64. The second kappa shape index (κ2) is 3.49. The van der Waals surface area contributed by atoms with E-state index in [1.54, 1.807) is 22.9 Å². The molecule has 0 aromatic carbocycles. The highest BCUT2D eigenvalue weighted by Gasteiger charge is 2.34. The minimum absolute atomic E-state index is 0.310. The van der Waals surface area contributed by atoms with Gasteiger partial charge in [0.15, 0.2) is 5.52 Å². The fourth-order valence-corrected chi connectivity index (χ4v) is 3.23. The van der Waals surface area contributed by atoms with Gasteiger partial charge in [0, 0.05) is 12.4 Å². The number of fused-ring (bicyclic) bond motifs is 7. The molecule has 5 rings (SSSR count). The van der Waals surface area contributed by atoms with Crippen molar-refractivity contribution in [1.82, 2.24) is 19.1 Å². The van der Waals surface area contributed by atoms with Gasteiger partial charge in [-0.05, 0) is 18.2 Å². The van der Waals surface area contributed by atoms with E-state index in [2.05, 4.69) is 9.97 Å². The molecule has 5 heterocycles. The number of rotatable bonds is 0. The number of hydrogen-bond acceptors (Lipinski definition) is 2. The molecule has 0 bridgehead atoms. The first kappa shape index (κ1) is 6.85. The summed E-state index contributed by atoms with van der Waals surface area (Å²) >= 11 is 0. The van der Waals surface area contributed by atoms with Crippen LogP contribution in [0.25, 0.3) is 33.5 Å². The first-order chi connectivity index (χ1) is 12.7. The van der Waals surface area contributed by atoms with Crippen LogP contribution in [-0.4, -0.2) is 19.1 Å². The average Bonchev–Trinajstić information content (AvgIpc) is 3.19. The number of imidazole rings is 1. The quantitative estimate of drug-likeness (QED) is 0.406. The van der Waals surface area contributed by atoms with Crippen LogP contribution in [0, 0.1) is 0 Å². The van der Waals surface area contributed by atoms with E-state index in [0.29, 0.717) is 45.7 Å². The van der Waals surface area contributed by atoms with E-state index in [4.69, 9.17) is 8.22 Å². The number of hydrogen-bond donors (Lipinski definition) is 0. The van der Waals surface area contributed by atoms with E-state index in [0.717, 1.165) is 0 Å². The molecular formula is C16H14N5+. The van der Waals surface area contributed by atoms with Gasteiger partial charge in [-0.2, -0.15) is 0 Å². The van der Waals surface area contributed by atoms with Crippen molar-refractivity contribution in [3.8, 4) is 11.4 Å². The van der Waals surface area contributed by atoms with Crippen molar-refractivity contribution >= 4 is 22.1 Å². The van der Waals surface area contributed by atoms with E-state index in [-0.39, 0.29) is 0 Å². The minimum Gasteiger partial charge on any atom is -0.261 e. The van der Waals surface area contributed by atoms with Crippen LogP contribution < -0.4 is 4.57 Å². The zero-order chi connectivity index (χ0) is 19.1. The Morgan fingerprint density at radius 3 is 3.10 bits per heavy atom. The van der Waals surface area contributed by atoms with Gasteiger partial charge in [0.1, 0.15) is 12.1 Å². The van der Waals surface area contributed by atoms with E-state index < -0.39 is 14.0 Å². The lowest BCUT2D eigenvalue weighted by Gasteiger charge is -1.97. The number of aryl methyl sites for hydroxylation is 2. The normalized spacial score (nSPS) is 18.5. The largest absolute Gasteiger partial charge is 0.269 e. The lowest BCUT2D eigenvalue weighted by atomic mass is 10.2. The standard InChI is InChI=1S/C16H14N5/c1-19-13-8-17-7-5-11(13)14-16(19)21-9-12-10(4-3-6-18-12)15(21)20(14)2/h3-8H,9H2,1-2H3/q+1/i1D3,2D3. The van der Waals surface area contributed by atoms with Gasteiger partial charge in [0.25, 0.3) is 5.65 Å². The summed E-state index contributed by atoms with van der Waals surface area (Å²) in [5.41, 5.74) is 2.49. The van der Waals surface area contributed by atoms with Crippen molar-refractivity contribution in [3.05, 3.63) is 42.5 Å². The van der Waals surface area contributed by atoms with Crippen LogP contribution in [-0.2, 0) is 20.5 Å². The SMILES string of the molecule is [2H]C([2H])([2H])n1c2[n+](c3c1c1ccncc1n3C([2H])([2H])[2H])Cc1ncccc1-2. The number of aromatic nitrogens is 5. The van der Waals surface area contributed by atoms with Crippen molar-refractivity contribution in [2.75, 3.05) is 0 Å². The first-order valence-corrected chi connectivity index (χ1v) is 6.57. The van der Waals surface area contributed by atoms with Gasteiger partial charge in [0.05, 0.1) is 45.0 Å². The highest BCUT2D eigenvalue weighted by atomic mass is 15.2. The predicted molar refractivity (Wildman–Crippen MR) is 79.7 cm³/mol. The Kier molecular flexibility index (Phi) is 1.14. The maximum atomic E-state index is 8.12. The molecule has 1 aliphatic rings. The third-order valence-electron chi connectivity index (χ3n) is 4.11. The zero-order valence-corrected chi connectivity index (χ0v) is 10.9. The molecule has 0 radical (unpaired) electrons. The Morgan fingerprint density at radius 1 is 1.24 bits per heavy atom. The van der Waals surface area contributed by atoms with E-state index in [9.17, 15) is 0 Å². The average molecular weight is 282 g/mol. The van der Waals surface area contributed by atoms with E-state index in [1.807, 2.05) is 6.07 Å². The third kappa shape index (κ3) is 1.15. The first-order valence-electron chi connectivity index (χ1n) is 9.57. The zero-order valence-electron chi connectivity index (χ0n) is 16.9. The van der Waals surface area contributed by atoms with Gasteiger partial charge >= 0.3 is 0 Å². The molecule has 0 atom stereocenters. The summed E-state index contributed by atoms with van der Waals surface area (Å²) in [7, 11) is 0. The van der Waals surface area contributed by atoms with Crippen LogP contribution in [0.4, 0.5) is 0 Å². The molecule has 0 spiro atoms. The fourth-order valence-electron chi connectivity index (χ4n) is 3.23. The molecule has 21 heavy (non-hydrogen) atoms. The van der Waals surface area contributed by atoms with Crippen molar-refractivity contribution in [3.63, 3.8) is 0 Å². The highest BCUT2D eigenvalue weighted by Crippen LogP contribution is 2.33. The summed E-state index contributed by atoms with van der Waals surface area (Å²) in [5, 5.41) is 0.541. The summed E-state index contributed by atoms with van der Waals surface area (Å²) < 4.78 is 52.6. The fraction of sp³-hybridized carbons (Fsp3) is 0.188. The number of nitrogens with zero attached hydrogens (tertiary/aromatic N) is 5. The monoisotopic (exact) mass is 282 g/mol. The Morgan fingerprint density at radius 2 is 2.19 bits per heavy atom. The highest BCUT2D eigenvalue weighted by molar-refractivity contribution is 6.04. The van der Waals surface area contributed by atoms with Crippen LogP contribution in [0.3, 0.4) is 0 Å². The number of pyridine rings is 2. The van der Waals surface area contributed by atoms with Crippen molar-refractivity contribution in [1.29, 1.82) is 0 Å². The van der Waals surface area contributed by atoms with E-state index >= 15 is 0 Å². The molecule has 0 saturated heterocycles. The molecule has 4 aromatic rings. The molecule has 1 aliphatic heterocycles. The Labute approximate surface area is 129 Å². The van der Waals surface area contributed by atoms with Gasteiger partial charge in [-0.15, -0.1) is 0 Å². The predicted octanol–water partition coefficient (Wildman–Crippen LogP) is 1.78. The van der Waals surface area contributed by atoms with Gasteiger partial charge in [-0.3, -0.25) is 19.1 Å². The summed E-state index contributed by atoms with van der Waals surface area (Å²) in [6, 6.07) is 5.21.